The molecular weight excluding hydrogens is 168 g/mol. The second-order valence-electron chi connectivity index (χ2n) is 3.01. The predicted molar refractivity (Wildman–Crippen MR) is 51.6 cm³/mol. The zero-order valence-electron chi connectivity index (χ0n) is 7.86. The normalized spacial score (nSPS) is 12.8. The molecule has 1 unspecified atom stereocenters. The van der Waals surface area contributed by atoms with Crippen molar-refractivity contribution in [3.05, 3.63) is 28.7 Å². The van der Waals surface area contributed by atoms with Gasteiger partial charge in [0.2, 0.25) is 5.43 Å². The molecule has 0 amide bonds. The maximum absolute atomic E-state index is 11.0. The van der Waals surface area contributed by atoms with E-state index in [-0.39, 0.29) is 17.2 Å². The highest BCUT2D eigenvalue weighted by atomic mass is 16.5. The Hall–Kier alpha value is -1.29. The maximum atomic E-state index is 11.0. The summed E-state index contributed by atoms with van der Waals surface area (Å²) in [5.74, 6) is 0. The zero-order valence-corrected chi connectivity index (χ0v) is 7.86. The summed E-state index contributed by atoms with van der Waals surface area (Å²) < 4.78 is 6.92. The summed E-state index contributed by atoms with van der Waals surface area (Å²) in [6.07, 6.45) is 3.44. The fraction of sp³-hybridized carbons (Fsp3) is 0.444. The number of nitrogens with two attached hydrogens (primary N) is 1. The molecule has 1 rings (SSSR count). The molecule has 0 radical (unpaired) electrons. The number of nitrogen functional groups attached to an aromatic ring is 1. The second kappa shape index (κ2) is 4.09. The van der Waals surface area contributed by atoms with Gasteiger partial charge in [0.1, 0.15) is 0 Å². The van der Waals surface area contributed by atoms with Crippen molar-refractivity contribution in [1.82, 2.24) is 4.57 Å². The van der Waals surface area contributed by atoms with Gasteiger partial charge >= 0.3 is 0 Å². The molecule has 1 aromatic rings. The van der Waals surface area contributed by atoms with E-state index in [1.54, 1.807) is 19.5 Å². The fourth-order valence-electron chi connectivity index (χ4n) is 1.03. The molecule has 0 aliphatic carbocycles. The Balaban J connectivity index is 2.79. The van der Waals surface area contributed by atoms with Gasteiger partial charge in [-0.05, 0) is 6.92 Å². The number of pyridine rings is 1. The SMILES string of the molecule is COC(C)Cn1ccc(=O)c(N)c1. The Labute approximate surface area is 76.9 Å². The molecule has 4 nitrogen and oxygen atoms in total. The first kappa shape index (κ1) is 9.80. The second-order valence-corrected chi connectivity index (χ2v) is 3.01. The van der Waals surface area contributed by atoms with Crippen LogP contribution in [0.25, 0.3) is 0 Å². The van der Waals surface area contributed by atoms with E-state index >= 15 is 0 Å². The Morgan fingerprint density at radius 3 is 2.92 bits per heavy atom. The number of aromatic nitrogens is 1. The molecule has 0 aromatic carbocycles. The molecule has 1 aromatic heterocycles. The number of rotatable bonds is 3. The van der Waals surface area contributed by atoms with Gasteiger partial charge in [-0.2, -0.15) is 0 Å². The highest BCUT2D eigenvalue weighted by molar-refractivity contribution is 5.33. The van der Waals surface area contributed by atoms with Crippen LogP contribution in [-0.2, 0) is 11.3 Å². The van der Waals surface area contributed by atoms with Crippen LogP contribution in [0, 0.1) is 0 Å². The largest absolute Gasteiger partial charge is 0.394 e. The molecule has 0 saturated heterocycles. The van der Waals surface area contributed by atoms with Crippen LogP contribution in [-0.4, -0.2) is 17.8 Å². The molecule has 0 aliphatic rings. The number of anilines is 1. The molecule has 0 fully saturated rings. The monoisotopic (exact) mass is 182 g/mol. The molecule has 0 bridgehead atoms. The van der Waals surface area contributed by atoms with Gasteiger partial charge in [-0.15, -0.1) is 0 Å². The Kier molecular flexibility index (Phi) is 3.08. The lowest BCUT2D eigenvalue weighted by Gasteiger charge is -2.12. The lowest BCUT2D eigenvalue weighted by molar-refractivity contribution is 0.103. The number of hydrogen-bond acceptors (Lipinski definition) is 3. The third-order valence-electron chi connectivity index (χ3n) is 1.88. The molecule has 4 heteroatoms. The highest BCUT2D eigenvalue weighted by Crippen LogP contribution is 1.97. The van der Waals surface area contributed by atoms with Gasteiger partial charge in [-0.3, -0.25) is 4.79 Å². The summed E-state index contributed by atoms with van der Waals surface area (Å²) in [5.41, 5.74) is 5.60. The van der Waals surface area contributed by atoms with Gasteiger partial charge in [0.05, 0.1) is 11.8 Å². The smallest absolute Gasteiger partial charge is 0.204 e. The third kappa shape index (κ3) is 2.59. The van der Waals surface area contributed by atoms with Crippen molar-refractivity contribution >= 4 is 5.69 Å². The molecule has 1 heterocycles. The maximum Gasteiger partial charge on any atom is 0.204 e. The first-order chi connectivity index (χ1) is 6.13. The first-order valence-electron chi connectivity index (χ1n) is 4.12. The van der Waals surface area contributed by atoms with Crippen molar-refractivity contribution in [2.45, 2.75) is 19.6 Å². The highest BCUT2D eigenvalue weighted by Gasteiger charge is 2.00. The van der Waals surface area contributed by atoms with E-state index in [9.17, 15) is 4.79 Å². The summed E-state index contributed by atoms with van der Waals surface area (Å²) in [5, 5.41) is 0. The minimum atomic E-state index is -0.138. The standard InChI is InChI=1S/C9H14N2O2/c1-7(13-2)5-11-4-3-9(12)8(10)6-11/h3-4,6-7H,5,10H2,1-2H3. The van der Waals surface area contributed by atoms with E-state index in [4.69, 9.17) is 10.5 Å². The number of nitrogens with zero attached hydrogens (tertiary/aromatic N) is 1. The van der Waals surface area contributed by atoms with Crippen LogP contribution in [0.5, 0.6) is 0 Å². The minimum absolute atomic E-state index is 0.113. The van der Waals surface area contributed by atoms with Crippen LogP contribution in [0.2, 0.25) is 0 Å². The average molecular weight is 182 g/mol. The van der Waals surface area contributed by atoms with Crippen LogP contribution in [0.1, 0.15) is 6.92 Å². The summed E-state index contributed by atoms with van der Waals surface area (Å²) in [6, 6.07) is 1.46. The van der Waals surface area contributed by atoms with E-state index < -0.39 is 0 Å². The molecule has 0 saturated carbocycles. The van der Waals surface area contributed by atoms with Crippen molar-refractivity contribution in [2.75, 3.05) is 12.8 Å². The van der Waals surface area contributed by atoms with Gasteiger partial charge in [-0.1, -0.05) is 0 Å². The van der Waals surface area contributed by atoms with Gasteiger partial charge < -0.3 is 15.0 Å². The minimum Gasteiger partial charge on any atom is -0.394 e. The van der Waals surface area contributed by atoms with Crippen molar-refractivity contribution in [2.24, 2.45) is 0 Å². The Morgan fingerprint density at radius 1 is 1.69 bits per heavy atom. The predicted octanol–water partition coefficient (Wildman–Crippen LogP) is 0.465. The van der Waals surface area contributed by atoms with Crippen molar-refractivity contribution < 1.29 is 4.74 Å². The van der Waals surface area contributed by atoms with Gasteiger partial charge in [-0.25, -0.2) is 0 Å². The van der Waals surface area contributed by atoms with E-state index in [1.807, 2.05) is 11.5 Å². The van der Waals surface area contributed by atoms with E-state index in [0.717, 1.165) is 0 Å². The molecule has 0 spiro atoms. The molecular formula is C9H14N2O2. The van der Waals surface area contributed by atoms with E-state index in [0.29, 0.717) is 6.54 Å². The van der Waals surface area contributed by atoms with Crippen molar-refractivity contribution in [3.63, 3.8) is 0 Å². The lowest BCUT2D eigenvalue weighted by Crippen LogP contribution is -2.17. The zero-order chi connectivity index (χ0) is 9.84. The molecule has 72 valence electrons. The third-order valence-corrected chi connectivity index (χ3v) is 1.88. The number of methoxy groups -OCH3 is 1. The summed E-state index contributed by atoms with van der Waals surface area (Å²) in [4.78, 5) is 11.0. The van der Waals surface area contributed by atoms with Gasteiger partial charge in [0.25, 0.3) is 0 Å². The molecule has 1 atom stereocenters. The van der Waals surface area contributed by atoms with Crippen molar-refractivity contribution in [3.8, 4) is 0 Å². The quantitative estimate of drug-likeness (QED) is 0.739. The number of ether oxygens (including phenoxy) is 1. The lowest BCUT2D eigenvalue weighted by atomic mass is 10.3. The Morgan fingerprint density at radius 2 is 2.38 bits per heavy atom. The topological polar surface area (TPSA) is 57.2 Å². The average Bonchev–Trinajstić information content (AvgIpc) is 2.11. The van der Waals surface area contributed by atoms with Gasteiger partial charge in [0, 0.05) is 32.1 Å². The molecule has 13 heavy (non-hydrogen) atoms. The van der Waals surface area contributed by atoms with Crippen LogP contribution >= 0.6 is 0 Å². The fourth-order valence-corrected chi connectivity index (χ4v) is 1.03. The van der Waals surface area contributed by atoms with Crippen molar-refractivity contribution in [1.29, 1.82) is 0 Å². The summed E-state index contributed by atoms with van der Waals surface area (Å²) >= 11 is 0. The summed E-state index contributed by atoms with van der Waals surface area (Å²) in [6.45, 7) is 2.65. The number of hydrogen-bond donors (Lipinski definition) is 1. The van der Waals surface area contributed by atoms with E-state index in [1.165, 1.54) is 6.07 Å². The van der Waals surface area contributed by atoms with Crippen LogP contribution in [0.4, 0.5) is 5.69 Å². The molecule has 2 N–H and O–H groups in total. The summed E-state index contributed by atoms with van der Waals surface area (Å²) in [7, 11) is 1.65. The van der Waals surface area contributed by atoms with E-state index in [2.05, 4.69) is 0 Å². The van der Waals surface area contributed by atoms with Crippen LogP contribution in [0.15, 0.2) is 23.3 Å². The van der Waals surface area contributed by atoms with Gasteiger partial charge in [0.15, 0.2) is 0 Å². The van der Waals surface area contributed by atoms with Crippen LogP contribution in [0.3, 0.4) is 0 Å². The Bertz CT molecular complexity index is 333. The van der Waals surface area contributed by atoms with Crippen LogP contribution < -0.4 is 11.2 Å². The first-order valence-corrected chi connectivity index (χ1v) is 4.12. The molecule has 0 aliphatic heterocycles.